The number of ether oxygens (including phenoxy) is 1. The number of anilines is 1. The van der Waals surface area contributed by atoms with E-state index in [2.05, 4.69) is 16.4 Å². The summed E-state index contributed by atoms with van der Waals surface area (Å²) in [5.41, 5.74) is 3.23. The molecular weight excluding hydrogens is 296 g/mol. The van der Waals surface area contributed by atoms with Gasteiger partial charge in [0.25, 0.3) is 0 Å². The molecule has 0 aliphatic heterocycles. The third kappa shape index (κ3) is 3.31. The number of aromatic nitrogens is 1. The third-order valence-corrected chi connectivity index (χ3v) is 3.80. The van der Waals surface area contributed by atoms with Gasteiger partial charge in [-0.3, -0.25) is 4.98 Å². The number of fused-ring (bicyclic) bond motifs is 1. The Labute approximate surface area is 134 Å². The summed E-state index contributed by atoms with van der Waals surface area (Å²) in [7, 11) is 1.67. The monoisotopic (exact) mass is 312 g/mol. The van der Waals surface area contributed by atoms with Gasteiger partial charge in [0.1, 0.15) is 5.75 Å². The van der Waals surface area contributed by atoms with E-state index in [1.165, 1.54) is 5.56 Å². The zero-order valence-electron chi connectivity index (χ0n) is 12.3. The molecule has 3 nitrogen and oxygen atoms in total. The Hall–Kier alpha value is -2.26. The van der Waals surface area contributed by atoms with Gasteiger partial charge in [0.2, 0.25) is 0 Å². The van der Waals surface area contributed by atoms with Crippen molar-refractivity contribution in [2.24, 2.45) is 0 Å². The Morgan fingerprint density at radius 1 is 1.14 bits per heavy atom. The first kappa shape index (κ1) is 14.7. The van der Waals surface area contributed by atoms with E-state index in [9.17, 15) is 0 Å². The molecule has 0 fully saturated rings. The normalized spacial score (nSPS) is 10.6. The molecule has 22 heavy (non-hydrogen) atoms. The van der Waals surface area contributed by atoms with E-state index < -0.39 is 0 Å². The Morgan fingerprint density at radius 2 is 2.05 bits per heavy atom. The van der Waals surface area contributed by atoms with E-state index in [-0.39, 0.29) is 0 Å². The van der Waals surface area contributed by atoms with Crippen LogP contribution in [0.15, 0.2) is 54.7 Å². The zero-order valence-corrected chi connectivity index (χ0v) is 13.1. The van der Waals surface area contributed by atoms with Crippen LogP contribution in [0.1, 0.15) is 5.56 Å². The lowest BCUT2D eigenvalue weighted by Crippen LogP contribution is -2.05. The van der Waals surface area contributed by atoms with Crippen molar-refractivity contribution in [3.63, 3.8) is 0 Å². The van der Waals surface area contributed by atoms with Crippen LogP contribution >= 0.6 is 11.6 Å². The van der Waals surface area contributed by atoms with Crippen molar-refractivity contribution in [3.8, 4) is 5.75 Å². The predicted molar refractivity (Wildman–Crippen MR) is 91.9 cm³/mol. The smallest absolute Gasteiger partial charge is 0.119 e. The number of nitrogens with zero attached hydrogens (tertiary/aromatic N) is 1. The Morgan fingerprint density at radius 3 is 2.86 bits per heavy atom. The van der Waals surface area contributed by atoms with Crippen LogP contribution < -0.4 is 10.1 Å². The minimum Gasteiger partial charge on any atom is -0.497 e. The average molecular weight is 313 g/mol. The number of methoxy groups -OCH3 is 1. The number of benzene rings is 2. The molecule has 0 aliphatic carbocycles. The highest BCUT2D eigenvalue weighted by molar-refractivity contribution is 6.30. The molecule has 1 heterocycles. The standard InChI is InChI=1S/C18H17ClN2O/c1-22-15-5-6-17-16(12-15)18(8-10-21-17)20-9-7-13-3-2-4-14(19)11-13/h2-6,8,10-12H,7,9H2,1H3,(H,20,21). The molecular formula is C18H17ClN2O. The molecule has 0 unspecified atom stereocenters. The van der Waals surface area contributed by atoms with Crippen molar-refractivity contribution in [2.45, 2.75) is 6.42 Å². The largest absolute Gasteiger partial charge is 0.497 e. The molecule has 0 saturated carbocycles. The van der Waals surface area contributed by atoms with Crippen LogP contribution in [0.25, 0.3) is 10.9 Å². The minimum atomic E-state index is 0.775. The molecule has 0 saturated heterocycles. The fourth-order valence-electron chi connectivity index (χ4n) is 2.44. The molecule has 3 rings (SSSR count). The number of hydrogen-bond acceptors (Lipinski definition) is 3. The number of nitrogens with one attached hydrogen (secondary N) is 1. The van der Waals surface area contributed by atoms with Crippen molar-refractivity contribution >= 4 is 28.2 Å². The summed E-state index contributed by atoms with van der Waals surface area (Å²) in [5, 5.41) is 5.31. The fraction of sp³-hybridized carbons (Fsp3) is 0.167. The van der Waals surface area contributed by atoms with Crippen molar-refractivity contribution in [3.05, 3.63) is 65.3 Å². The molecule has 0 bridgehead atoms. The van der Waals surface area contributed by atoms with Gasteiger partial charge in [-0.1, -0.05) is 23.7 Å². The average Bonchev–Trinajstić information content (AvgIpc) is 2.55. The van der Waals surface area contributed by atoms with Gasteiger partial charge in [-0.25, -0.2) is 0 Å². The Kier molecular flexibility index (Phi) is 4.45. The van der Waals surface area contributed by atoms with Crippen LogP contribution in [0.4, 0.5) is 5.69 Å². The summed E-state index contributed by atoms with van der Waals surface area (Å²) in [4.78, 5) is 4.38. The van der Waals surface area contributed by atoms with Gasteiger partial charge in [-0.15, -0.1) is 0 Å². The van der Waals surface area contributed by atoms with Crippen molar-refractivity contribution in [1.82, 2.24) is 4.98 Å². The zero-order chi connectivity index (χ0) is 15.4. The first-order valence-corrected chi connectivity index (χ1v) is 7.55. The second kappa shape index (κ2) is 6.67. The first-order chi connectivity index (χ1) is 10.8. The van der Waals surface area contributed by atoms with E-state index >= 15 is 0 Å². The van der Waals surface area contributed by atoms with E-state index in [4.69, 9.17) is 16.3 Å². The number of rotatable bonds is 5. The maximum atomic E-state index is 6.01. The van der Waals surface area contributed by atoms with Gasteiger partial charge in [-0.2, -0.15) is 0 Å². The summed E-state index contributed by atoms with van der Waals surface area (Å²) in [6.45, 7) is 0.830. The number of halogens is 1. The van der Waals surface area contributed by atoms with Gasteiger partial charge in [-0.05, 0) is 48.4 Å². The SMILES string of the molecule is COc1ccc2nccc(NCCc3cccc(Cl)c3)c2c1. The molecule has 0 radical (unpaired) electrons. The van der Waals surface area contributed by atoms with Crippen LogP contribution in [0.3, 0.4) is 0 Å². The molecule has 0 aliphatic rings. The molecule has 1 aromatic heterocycles. The highest BCUT2D eigenvalue weighted by Gasteiger charge is 2.03. The molecule has 3 aromatic rings. The summed E-state index contributed by atoms with van der Waals surface area (Å²) in [5.74, 6) is 0.832. The lowest BCUT2D eigenvalue weighted by atomic mass is 10.1. The fourth-order valence-corrected chi connectivity index (χ4v) is 2.65. The van der Waals surface area contributed by atoms with Gasteiger partial charge in [0.05, 0.1) is 12.6 Å². The topological polar surface area (TPSA) is 34.1 Å². The van der Waals surface area contributed by atoms with E-state index in [0.717, 1.165) is 40.3 Å². The Bertz CT molecular complexity index is 789. The number of hydrogen-bond donors (Lipinski definition) is 1. The molecule has 0 spiro atoms. The molecule has 0 amide bonds. The van der Waals surface area contributed by atoms with Crippen molar-refractivity contribution in [2.75, 3.05) is 19.0 Å². The van der Waals surface area contributed by atoms with E-state index in [1.807, 2.05) is 48.7 Å². The lowest BCUT2D eigenvalue weighted by Gasteiger charge is -2.10. The summed E-state index contributed by atoms with van der Waals surface area (Å²) >= 11 is 6.01. The molecule has 2 aromatic carbocycles. The highest BCUT2D eigenvalue weighted by Crippen LogP contribution is 2.25. The van der Waals surface area contributed by atoms with Crippen LogP contribution in [-0.2, 0) is 6.42 Å². The van der Waals surface area contributed by atoms with Crippen LogP contribution in [0.5, 0.6) is 5.75 Å². The maximum absolute atomic E-state index is 6.01. The van der Waals surface area contributed by atoms with E-state index in [0.29, 0.717) is 0 Å². The quantitative estimate of drug-likeness (QED) is 0.750. The van der Waals surface area contributed by atoms with Crippen molar-refractivity contribution in [1.29, 1.82) is 0 Å². The van der Waals surface area contributed by atoms with Gasteiger partial charge < -0.3 is 10.1 Å². The number of pyridine rings is 1. The van der Waals surface area contributed by atoms with Crippen LogP contribution in [0.2, 0.25) is 5.02 Å². The molecule has 0 atom stereocenters. The molecule has 1 N–H and O–H groups in total. The van der Waals surface area contributed by atoms with Crippen LogP contribution in [0, 0.1) is 0 Å². The van der Waals surface area contributed by atoms with Gasteiger partial charge >= 0.3 is 0 Å². The summed E-state index contributed by atoms with van der Waals surface area (Å²) in [6.07, 6.45) is 2.73. The minimum absolute atomic E-state index is 0.775. The molecule has 4 heteroatoms. The summed E-state index contributed by atoms with van der Waals surface area (Å²) in [6, 6.07) is 15.8. The maximum Gasteiger partial charge on any atom is 0.119 e. The second-order valence-corrected chi connectivity index (χ2v) is 5.48. The predicted octanol–water partition coefficient (Wildman–Crippen LogP) is 4.55. The van der Waals surface area contributed by atoms with Gasteiger partial charge in [0, 0.05) is 28.8 Å². The summed E-state index contributed by atoms with van der Waals surface area (Å²) < 4.78 is 5.29. The van der Waals surface area contributed by atoms with E-state index in [1.54, 1.807) is 7.11 Å². The second-order valence-electron chi connectivity index (χ2n) is 5.05. The van der Waals surface area contributed by atoms with Crippen LogP contribution in [-0.4, -0.2) is 18.6 Å². The molecule has 112 valence electrons. The van der Waals surface area contributed by atoms with Gasteiger partial charge in [0.15, 0.2) is 0 Å². The Balaban J connectivity index is 1.76. The highest BCUT2D eigenvalue weighted by atomic mass is 35.5. The first-order valence-electron chi connectivity index (χ1n) is 7.17. The van der Waals surface area contributed by atoms with Crippen molar-refractivity contribution < 1.29 is 4.74 Å². The third-order valence-electron chi connectivity index (χ3n) is 3.57. The lowest BCUT2D eigenvalue weighted by molar-refractivity contribution is 0.415.